The lowest BCUT2D eigenvalue weighted by molar-refractivity contribution is 0.359. The molecule has 0 radical (unpaired) electrons. The fourth-order valence-electron chi connectivity index (χ4n) is 2.75. The minimum atomic E-state index is 0.527. The van der Waals surface area contributed by atoms with E-state index in [2.05, 4.69) is 40.7 Å². The maximum absolute atomic E-state index is 5.63. The molecule has 1 heterocycles. The topological polar surface area (TPSA) is 12.5 Å². The predicted molar refractivity (Wildman–Crippen MR) is 72.7 cm³/mol. The Labute approximate surface area is 105 Å². The standard InChI is InChI=1S/C16H24O/c1-6-15-16(17-15)8-7-14-12(4)10(2)9-11(3)13(14)5/h9,15-16H,6-8H2,1-5H3. The molecule has 0 bridgehead atoms. The third-order valence-electron chi connectivity index (χ3n) is 4.29. The molecule has 2 unspecified atom stereocenters. The Hall–Kier alpha value is -0.820. The fraction of sp³-hybridized carbons (Fsp3) is 0.625. The van der Waals surface area contributed by atoms with Crippen LogP contribution < -0.4 is 0 Å². The molecule has 1 heteroatoms. The van der Waals surface area contributed by atoms with Crippen LogP contribution in [-0.2, 0) is 11.2 Å². The Kier molecular flexibility index (Phi) is 3.58. The highest BCUT2D eigenvalue weighted by molar-refractivity contribution is 5.44. The van der Waals surface area contributed by atoms with Crippen LogP contribution in [0.5, 0.6) is 0 Å². The number of benzene rings is 1. The summed E-state index contributed by atoms with van der Waals surface area (Å²) in [4.78, 5) is 0. The smallest absolute Gasteiger partial charge is 0.0845 e. The van der Waals surface area contributed by atoms with Crippen LogP contribution in [0.1, 0.15) is 47.6 Å². The predicted octanol–water partition coefficient (Wildman–Crippen LogP) is 4.03. The summed E-state index contributed by atoms with van der Waals surface area (Å²) in [5, 5.41) is 0. The molecular formula is C16H24O. The van der Waals surface area contributed by atoms with Crippen molar-refractivity contribution < 1.29 is 4.74 Å². The van der Waals surface area contributed by atoms with Crippen LogP contribution in [0.25, 0.3) is 0 Å². The summed E-state index contributed by atoms with van der Waals surface area (Å²) < 4.78 is 5.63. The van der Waals surface area contributed by atoms with Crippen molar-refractivity contribution in [2.45, 2.75) is 66.1 Å². The highest BCUT2D eigenvalue weighted by atomic mass is 16.6. The summed E-state index contributed by atoms with van der Waals surface area (Å²) in [7, 11) is 0. The largest absolute Gasteiger partial charge is 0.370 e. The monoisotopic (exact) mass is 232 g/mol. The molecule has 1 aromatic carbocycles. The molecular weight excluding hydrogens is 208 g/mol. The van der Waals surface area contributed by atoms with Crippen molar-refractivity contribution in [1.82, 2.24) is 0 Å². The second-order valence-electron chi connectivity index (χ2n) is 5.40. The van der Waals surface area contributed by atoms with Gasteiger partial charge in [0.25, 0.3) is 0 Å². The van der Waals surface area contributed by atoms with Crippen LogP contribution in [0.2, 0.25) is 0 Å². The Morgan fingerprint density at radius 2 is 1.59 bits per heavy atom. The van der Waals surface area contributed by atoms with Crippen LogP contribution in [0.3, 0.4) is 0 Å². The molecule has 0 spiro atoms. The average molecular weight is 232 g/mol. The van der Waals surface area contributed by atoms with Gasteiger partial charge in [0.1, 0.15) is 0 Å². The average Bonchev–Trinajstić information content (AvgIpc) is 3.05. The van der Waals surface area contributed by atoms with Gasteiger partial charge < -0.3 is 4.74 Å². The molecule has 0 saturated carbocycles. The first-order valence-corrected chi connectivity index (χ1v) is 6.76. The van der Waals surface area contributed by atoms with Crippen LogP contribution in [0.15, 0.2) is 6.07 Å². The summed E-state index contributed by atoms with van der Waals surface area (Å²) in [5.41, 5.74) is 7.34. The Morgan fingerprint density at radius 3 is 2.06 bits per heavy atom. The Morgan fingerprint density at radius 1 is 1.00 bits per heavy atom. The second kappa shape index (κ2) is 4.81. The molecule has 2 rings (SSSR count). The molecule has 1 nitrogen and oxygen atoms in total. The van der Waals surface area contributed by atoms with Crippen molar-refractivity contribution in [3.8, 4) is 0 Å². The maximum Gasteiger partial charge on any atom is 0.0845 e. The van der Waals surface area contributed by atoms with Crippen LogP contribution >= 0.6 is 0 Å². The van der Waals surface area contributed by atoms with E-state index in [0.717, 1.165) is 6.42 Å². The first-order valence-electron chi connectivity index (χ1n) is 6.76. The van der Waals surface area contributed by atoms with E-state index in [1.165, 1.54) is 35.1 Å². The van der Waals surface area contributed by atoms with Crippen LogP contribution in [0, 0.1) is 27.7 Å². The summed E-state index contributed by atoms with van der Waals surface area (Å²) >= 11 is 0. The molecule has 1 aromatic rings. The van der Waals surface area contributed by atoms with Gasteiger partial charge in [0.05, 0.1) is 12.2 Å². The number of hydrogen-bond donors (Lipinski definition) is 0. The lowest BCUT2D eigenvalue weighted by Gasteiger charge is -2.14. The maximum atomic E-state index is 5.63. The molecule has 1 saturated heterocycles. The van der Waals surface area contributed by atoms with E-state index in [1.807, 2.05) is 0 Å². The zero-order valence-corrected chi connectivity index (χ0v) is 11.8. The molecule has 1 aliphatic heterocycles. The van der Waals surface area contributed by atoms with Crippen molar-refractivity contribution in [2.24, 2.45) is 0 Å². The molecule has 0 aromatic heterocycles. The highest BCUT2D eigenvalue weighted by Crippen LogP contribution is 2.31. The number of hydrogen-bond acceptors (Lipinski definition) is 1. The first kappa shape index (κ1) is 12.6. The number of ether oxygens (including phenoxy) is 1. The minimum absolute atomic E-state index is 0.527. The normalized spacial score (nSPS) is 22.9. The highest BCUT2D eigenvalue weighted by Gasteiger charge is 2.36. The summed E-state index contributed by atoms with van der Waals surface area (Å²) in [6, 6.07) is 2.30. The van der Waals surface area contributed by atoms with Gasteiger partial charge in [-0.3, -0.25) is 0 Å². The molecule has 2 atom stereocenters. The van der Waals surface area contributed by atoms with Crippen molar-refractivity contribution in [3.63, 3.8) is 0 Å². The lowest BCUT2D eigenvalue weighted by Crippen LogP contribution is -2.02. The van der Waals surface area contributed by atoms with Gasteiger partial charge in [0.2, 0.25) is 0 Å². The van der Waals surface area contributed by atoms with E-state index < -0.39 is 0 Å². The van der Waals surface area contributed by atoms with E-state index >= 15 is 0 Å². The summed E-state index contributed by atoms with van der Waals surface area (Å²) in [5.74, 6) is 0. The van der Waals surface area contributed by atoms with Crippen LogP contribution in [0.4, 0.5) is 0 Å². The van der Waals surface area contributed by atoms with Gasteiger partial charge in [-0.1, -0.05) is 13.0 Å². The second-order valence-corrected chi connectivity index (χ2v) is 5.40. The molecule has 0 amide bonds. The van der Waals surface area contributed by atoms with E-state index in [9.17, 15) is 0 Å². The quantitative estimate of drug-likeness (QED) is 0.714. The zero-order chi connectivity index (χ0) is 12.6. The van der Waals surface area contributed by atoms with Gasteiger partial charge in [-0.05, 0) is 74.8 Å². The lowest BCUT2D eigenvalue weighted by atomic mass is 9.91. The third-order valence-corrected chi connectivity index (χ3v) is 4.29. The number of aryl methyl sites for hydroxylation is 2. The van der Waals surface area contributed by atoms with Crippen molar-refractivity contribution >= 4 is 0 Å². The SMILES string of the molecule is CCC1OC1CCc1c(C)c(C)cc(C)c1C. The number of rotatable bonds is 4. The fourth-order valence-corrected chi connectivity index (χ4v) is 2.75. The van der Waals surface area contributed by atoms with Crippen molar-refractivity contribution in [3.05, 3.63) is 33.9 Å². The molecule has 1 fully saturated rings. The number of epoxide rings is 1. The van der Waals surface area contributed by atoms with Crippen molar-refractivity contribution in [2.75, 3.05) is 0 Å². The van der Waals surface area contributed by atoms with Gasteiger partial charge >= 0.3 is 0 Å². The summed E-state index contributed by atoms with van der Waals surface area (Å²) in [6.45, 7) is 11.1. The van der Waals surface area contributed by atoms with E-state index in [0.29, 0.717) is 12.2 Å². The third kappa shape index (κ3) is 2.55. The summed E-state index contributed by atoms with van der Waals surface area (Å²) in [6.07, 6.45) is 4.58. The van der Waals surface area contributed by atoms with E-state index in [4.69, 9.17) is 4.74 Å². The van der Waals surface area contributed by atoms with Crippen molar-refractivity contribution in [1.29, 1.82) is 0 Å². The molecule has 17 heavy (non-hydrogen) atoms. The first-order chi connectivity index (χ1) is 8.04. The Bertz CT molecular complexity index is 394. The molecule has 94 valence electrons. The van der Waals surface area contributed by atoms with Gasteiger partial charge in [0, 0.05) is 0 Å². The zero-order valence-electron chi connectivity index (χ0n) is 11.8. The molecule has 0 N–H and O–H groups in total. The van der Waals surface area contributed by atoms with Gasteiger partial charge in [-0.25, -0.2) is 0 Å². The molecule has 1 aliphatic rings. The van der Waals surface area contributed by atoms with Gasteiger partial charge in [0.15, 0.2) is 0 Å². The van der Waals surface area contributed by atoms with Crippen LogP contribution in [-0.4, -0.2) is 12.2 Å². The van der Waals surface area contributed by atoms with Gasteiger partial charge in [-0.15, -0.1) is 0 Å². The van der Waals surface area contributed by atoms with Gasteiger partial charge in [-0.2, -0.15) is 0 Å². The Balaban J connectivity index is 2.10. The van der Waals surface area contributed by atoms with E-state index in [1.54, 1.807) is 5.56 Å². The van der Waals surface area contributed by atoms with E-state index in [-0.39, 0.29) is 0 Å². The minimum Gasteiger partial charge on any atom is -0.370 e. The molecule has 0 aliphatic carbocycles.